The van der Waals surface area contributed by atoms with Gasteiger partial charge in [0.1, 0.15) is 0 Å². The average molecular weight is 473 g/mol. The molecule has 0 atom stereocenters. The summed E-state index contributed by atoms with van der Waals surface area (Å²) in [6.07, 6.45) is 0. The van der Waals surface area contributed by atoms with Crippen LogP contribution in [0.3, 0.4) is 0 Å². The highest BCUT2D eigenvalue weighted by Crippen LogP contribution is 2.13. The Bertz CT molecular complexity index is 892. The Labute approximate surface area is 184 Å². The first kappa shape index (κ1) is 22.0. The summed E-state index contributed by atoms with van der Waals surface area (Å²) in [7, 11) is 0. The van der Waals surface area contributed by atoms with Crippen molar-refractivity contribution in [2.24, 2.45) is 0 Å². The van der Waals surface area contributed by atoms with Crippen molar-refractivity contribution in [3.8, 4) is 0 Å². The van der Waals surface area contributed by atoms with Gasteiger partial charge in [0.2, 0.25) is 0 Å². The van der Waals surface area contributed by atoms with Crippen LogP contribution < -0.4 is 10.6 Å². The van der Waals surface area contributed by atoms with Crippen LogP contribution in [0.1, 0.15) is 15.9 Å². The fourth-order valence-electron chi connectivity index (χ4n) is 3.18. The lowest BCUT2D eigenvalue weighted by Gasteiger charge is -2.34. The highest BCUT2D eigenvalue weighted by atomic mass is 79.9. The lowest BCUT2D eigenvalue weighted by atomic mass is 10.2. The maximum atomic E-state index is 12.6. The second-order valence-electron chi connectivity index (χ2n) is 7.22. The number of rotatable bonds is 5. The number of amides is 3. The molecule has 2 aromatic carbocycles. The average Bonchev–Trinajstić information content (AvgIpc) is 2.76. The van der Waals surface area contributed by atoms with E-state index in [1.54, 1.807) is 12.1 Å². The second kappa shape index (κ2) is 10.4. The third kappa shape index (κ3) is 6.14. The monoisotopic (exact) mass is 472 g/mol. The van der Waals surface area contributed by atoms with Gasteiger partial charge in [0.05, 0.1) is 0 Å². The number of nitrogens with zero attached hydrogens (tertiary/aromatic N) is 2. The van der Waals surface area contributed by atoms with E-state index >= 15 is 0 Å². The molecule has 1 fully saturated rings. The van der Waals surface area contributed by atoms with Crippen molar-refractivity contribution in [3.05, 3.63) is 64.1 Å². The molecule has 7 nitrogen and oxygen atoms in total. The molecule has 0 aliphatic carbocycles. The highest BCUT2D eigenvalue weighted by molar-refractivity contribution is 9.10. The molecule has 0 radical (unpaired) electrons. The quantitative estimate of drug-likeness (QED) is 0.653. The van der Waals surface area contributed by atoms with E-state index in [0.29, 0.717) is 37.4 Å². The molecular weight excluding hydrogens is 448 g/mol. The maximum absolute atomic E-state index is 12.6. The van der Waals surface area contributed by atoms with Crippen LogP contribution in [0.2, 0.25) is 0 Å². The van der Waals surface area contributed by atoms with Crippen LogP contribution in [-0.4, -0.2) is 66.8 Å². The van der Waals surface area contributed by atoms with E-state index in [-0.39, 0.29) is 5.91 Å². The maximum Gasteiger partial charge on any atom is 0.313 e. The van der Waals surface area contributed by atoms with Gasteiger partial charge in [-0.05, 0) is 43.3 Å². The standard InChI is InChI=1S/C22H25BrN4O3/c1-16-2-8-19(9-3-16)25-21(29)20(28)24-10-11-26-12-14-27(15-13-26)22(30)17-4-6-18(23)7-5-17/h2-9H,10-15H2,1H3,(H,24,28)(H,25,29). The van der Waals surface area contributed by atoms with Crippen molar-refractivity contribution in [2.75, 3.05) is 44.6 Å². The van der Waals surface area contributed by atoms with Crippen LogP contribution in [0, 0.1) is 6.92 Å². The van der Waals surface area contributed by atoms with Gasteiger partial charge in [-0.15, -0.1) is 0 Å². The first-order valence-electron chi connectivity index (χ1n) is 9.85. The van der Waals surface area contributed by atoms with E-state index in [1.165, 1.54) is 0 Å². The lowest BCUT2D eigenvalue weighted by molar-refractivity contribution is -0.136. The summed E-state index contributed by atoms with van der Waals surface area (Å²) in [5, 5.41) is 5.23. The summed E-state index contributed by atoms with van der Waals surface area (Å²) in [5.41, 5.74) is 2.35. The molecule has 0 bridgehead atoms. The molecule has 158 valence electrons. The molecule has 2 N–H and O–H groups in total. The largest absolute Gasteiger partial charge is 0.347 e. The number of piperazine rings is 1. The zero-order valence-electron chi connectivity index (χ0n) is 16.9. The van der Waals surface area contributed by atoms with Crippen LogP contribution >= 0.6 is 15.9 Å². The van der Waals surface area contributed by atoms with E-state index in [4.69, 9.17) is 0 Å². The zero-order chi connectivity index (χ0) is 21.5. The number of carbonyl (C=O) groups is 3. The van der Waals surface area contributed by atoms with E-state index in [1.807, 2.05) is 48.2 Å². The van der Waals surface area contributed by atoms with Gasteiger partial charge in [0.15, 0.2) is 0 Å². The normalized spacial score (nSPS) is 14.3. The molecule has 1 saturated heterocycles. The molecule has 0 saturated carbocycles. The lowest BCUT2D eigenvalue weighted by Crippen LogP contribution is -2.50. The molecule has 0 unspecified atom stereocenters. The molecule has 8 heteroatoms. The number of carbonyl (C=O) groups excluding carboxylic acids is 3. The first-order valence-corrected chi connectivity index (χ1v) is 10.6. The summed E-state index contributed by atoms with van der Waals surface area (Å²) in [6.45, 7) is 5.69. The first-order chi connectivity index (χ1) is 14.4. The number of nitrogens with one attached hydrogen (secondary N) is 2. The van der Waals surface area contributed by atoms with Crippen LogP contribution in [-0.2, 0) is 9.59 Å². The number of halogens is 1. The zero-order valence-corrected chi connectivity index (χ0v) is 18.4. The fraction of sp³-hybridized carbons (Fsp3) is 0.318. The smallest absolute Gasteiger partial charge is 0.313 e. The second-order valence-corrected chi connectivity index (χ2v) is 8.13. The van der Waals surface area contributed by atoms with Gasteiger partial charge >= 0.3 is 11.8 Å². The number of aryl methyl sites for hydroxylation is 1. The summed E-state index contributed by atoms with van der Waals surface area (Å²) in [5.74, 6) is -1.30. The predicted molar refractivity (Wildman–Crippen MR) is 119 cm³/mol. The Morgan fingerprint density at radius 3 is 2.17 bits per heavy atom. The molecule has 0 spiro atoms. The van der Waals surface area contributed by atoms with Gasteiger partial charge in [0, 0.05) is 55.0 Å². The number of hydrogen-bond donors (Lipinski definition) is 2. The highest BCUT2D eigenvalue weighted by Gasteiger charge is 2.22. The molecule has 3 rings (SSSR count). The number of hydrogen-bond acceptors (Lipinski definition) is 4. The summed E-state index contributed by atoms with van der Waals surface area (Å²) >= 11 is 3.37. The molecule has 1 aliphatic heterocycles. The summed E-state index contributed by atoms with van der Waals surface area (Å²) in [4.78, 5) is 40.5. The molecule has 3 amide bonds. The minimum absolute atomic E-state index is 0.0308. The van der Waals surface area contributed by atoms with Gasteiger partial charge in [-0.1, -0.05) is 33.6 Å². The molecule has 1 aliphatic rings. The molecule has 1 heterocycles. The van der Waals surface area contributed by atoms with Crippen molar-refractivity contribution in [1.82, 2.24) is 15.1 Å². The Balaban J connectivity index is 1.36. The summed E-state index contributed by atoms with van der Waals surface area (Å²) < 4.78 is 0.943. The van der Waals surface area contributed by atoms with Crippen LogP contribution in [0.4, 0.5) is 5.69 Å². The van der Waals surface area contributed by atoms with Crippen LogP contribution in [0.25, 0.3) is 0 Å². The van der Waals surface area contributed by atoms with E-state index < -0.39 is 11.8 Å². The molecule has 2 aromatic rings. The fourth-order valence-corrected chi connectivity index (χ4v) is 3.45. The van der Waals surface area contributed by atoms with Crippen molar-refractivity contribution >= 4 is 39.3 Å². The van der Waals surface area contributed by atoms with Crippen molar-refractivity contribution in [3.63, 3.8) is 0 Å². The van der Waals surface area contributed by atoms with Crippen molar-refractivity contribution < 1.29 is 14.4 Å². The minimum Gasteiger partial charge on any atom is -0.347 e. The molecular formula is C22H25BrN4O3. The number of anilines is 1. The van der Waals surface area contributed by atoms with E-state index in [9.17, 15) is 14.4 Å². The SMILES string of the molecule is Cc1ccc(NC(=O)C(=O)NCCN2CCN(C(=O)c3ccc(Br)cc3)CC2)cc1. The Morgan fingerprint density at radius 1 is 0.900 bits per heavy atom. The van der Waals surface area contributed by atoms with E-state index in [0.717, 1.165) is 23.1 Å². The van der Waals surface area contributed by atoms with E-state index in [2.05, 4.69) is 31.5 Å². The minimum atomic E-state index is -0.677. The van der Waals surface area contributed by atoms with Gasteiger partial charge in [-0.2, -0.15) is 0 Å². The summed E-state index contributed by atoms with van der Waals surface area (Å²) in [6, 6.07) is 14.6. The van der Waals surface area contributed by atoms with Gasteiger partial charge in [-0.25, -0.2) is 0 Å². The van der Waals surface area contributed by atoms with Crippen LogP contribution in [0.15, 0.2) is 53.0 Å². The predicted octanol–water partition coefficient (Wildman–Crippen LogP) is 2.27. The Morgan fingerprint density at radius 2 is 1.53 bits per heavy atom. The Kier molecular flexibility index (Phi) is 7.59. The van der Waals surface area contributed by atoms with Crippen molar-refractivity contribution in [2.45, 2.75) is 6.92 Å². The molecule has 0 aromatic heterocycles. The van der Waals surface area contributed by atoms with Crippen molar-refractivity contribution in [1.29, 1.82) is 0 Å². The van der Waals surface area contributed by atoms with Gasteiger partial charge in [0.25, 0.3) is 5.91 Å². The Hall–Kier alpha value is -2.71. The molecule has 30 heavy (non-hydrogen) atoms. The van der Waals surface area contributed by atoms with Gasteiger partial charge < -0.3 is 15.5 Å². The van der Waals surface area contributed by atoms with Crippen LogP contribution in [0.5, 0.6) is 0 Å². The topological polar surface area (TPSA) is 81.8 Å². The third-order valence-electron chi connectivity index (χ3n) is 4.98. The number of benzene rings is 2. The van der Waals surface area contributed by atoms with Gasteiger partial charge in [-0.3, -0.25) is 19.3 Å². The third-order valence-corrected chi connectivity index (χ3v) is 5.51.